The summed E-state index contributed by atoms with van der Waals surface area (Å²) in [5, 5.41) is 0. The average molecular weight is 261 g/mol. The van der Waals surface area contributed by atoms with E-state index in [0.717, 1.165) is 16.8 Å². The molecule has 2 aromatic carbocycles. The summed E-state index contributed by atoms with van der Waals surface area (Å²) >= 11 is -1.59. The van der Waals surface area contributed by atoms with E-state index in [0.29, 0.717) is 5.75 Å². The van der Waals surface area contributed by atoms with Crippen LogP contribution < -0.4 is 8.91 Å². The molecule has 0 aliphatic heterocycles. The second kappa shape index (κ2) is 5.69. The molecular formula is C14H15NO2S. The molecule has 0 aromatic heterocycles. The Balaban J connectivity index is 1.98. The van der Waals surface area contributed by atoms with Crippen LogP contribution in [0.5, 0.6) is 5.75 Å². The highest BCUT2D eigenvalue weighted by Gasteiger charge is 2.03. The van der Waals surface area contributed by atoms with Gasteiger partial charge in [0.25, 0.3) is 0 Å². The fraction of sp³-hybridized carbons (Fsp3) is 0.143. The third-order valence-electron chi connectivity index (χ3n) is 2.41. The van der Waals surface area contributed by atoms with Crippen LogP contribution in [0.4, 0.5) is 5.69 Å². The zero-order chi connectivity index (χ0) is 13.0. The molecule has 18 heavy (non-hydrogen) atoms. The maximum atomic E-state index is 11.8. The highest BCUT2D eigenvalue weighted by molar-refractivity contribution is 7.81. The van der Waals surface area contributed by atoms with Crippen LogP contribution in [-0.4, -0.2) is 4.21 Å². The lowest BCUT2D eigenvalue weighted by molar-refractivity contribution is 0.567. The van der Waals surface area contributed by atoms with Gasteiger partial charge in [0.2, 0.25) is 0 Å². The van der Waals surface area contributed by atoms with Gasteiger partial charge in [0.1, 0.15) is 5.75 Å². The zero-order valence-corrected chi connectivity index (χ0v) is 11.2. The van der Waals surface area contributed by atoms with Gasteiger partial charge in [0.15, 0.2) is 0 Å². The standard InChI is InChI=1S/C14H15NO2S/c1-11-6-8-14(9-7-11)17-18(16)15-13-5-3-4-12(2)10-13/h3-10,15H,1-2H3. The van der Waals surface area contributed by atoms with E-state index in [9.17, 15) is 4.21 Å². The Bertz CT molecular complexity index is 552. The molecule has 0 heterocycles. The Hall–Kier alpha value is -1.81. The fourth-order valence-electron chi connectivity index (χ4n) is 1.51. The van der Waals surface area contributed by atoms with E-state index in [2.05, 4.69) is 4.72 Å². The SMILES string of the molecule is Cc1ccc(OS(=O)Nc2cccc(C)c2)cc1. The highest BCUT2D eigenvalue weighted by atomic mass is 32.2. The number of benzene rings is 2. The van der Waals surface area contributed by atoms with E-state index in [4.69, 9.17) is 4.18 Å². The lowest BCUT2D eigenvalue weighted by Crippen LogP contribution is -2.10. The largest absolute Gasteiger partial charge is 0.385 e. The van der Waals surface area contributed by atoms with Crippen LogP contribution in [-0.2, 0) is 11.3 Å². The van der Waals surface area contributed by atoms with Crippen molar-refractivity contribution in [3.8, 4) is 5.75 Å². The summed E-state index contributed by atoms with van der Waals surface area (Å²) in [5.41, 5.74) is 3.02. The van der Waals surface area contributed by atoms with Gasteiger partial charge in [-0.05, 0) is 43.7 Å². The second-order valence-corrected chi connectivity index (χ2v) is 4.94. The average Bonchev–Trinajstić information content (AvgIpc) is 2.32. The number of hydrogen-bond donors (Lipinski definition) is 1. The van der Waals surface area contributed by atoms with E-state index in [1.807, 2.05) is 50.2 Å². The van der Waals surface area contributed by atoms with Gasteiger partial charge in [-0.2, -0.15) is 4.21 Å². The van der Waals surface area contributed by atoms with Crippen LogP contribution >= 0.6 is 0 Å². The van der Waals surface area contributed by atoms with Crippen LogP contribution in [0.3, 0.4) is 0 Å². The predicted octanol–water partition coefficient (Wildman–Crippen LogP) is 3.37. The number of hydrogen-bond acceptors (Lipinski definition) is 2. The number of anilines is 1. The summed E-state index contributed by atoms with van der Waals surface area (Å²) < 4.78 is 19.8. The van der Waals surface area contributed by atoms with Crippen molar-refractivity contribution in [1.29, 1.82) is 0 Å². The maximum absolute atomic E-state index is 11.8. The van der Waals surface area contributed by atoms with Crippen molar-refractivity contribution in [2.24, 2.45) is 0 Å². The van der Waals surface area contributed by atoms with E-state index in [1.165, 1.54) is 0 Å². The minimum atomic E-state index is -1.59. The summed E-state index contributed by atoms with van der Waals surface area (Å²) in [6, 6.07) is 15.1. The van der Waals surface area contributed by atoms with Gasteiger partial charge in [-0.25, -0.2) is 0 Å². The Labute approximate surface area is 110 Å². The van der Waals surface area contributed by atoms with Crippen molar-refractivity contribution in [2.45, 2.75) is 13.8 Å². The lowest BCUT2D eigenvalue weighted by Gasteiger charge is -2.07. The van der Waals surface area contributed by atoms with Gasteiger partial charge < -0.3 is 4.18 Å². The van der Waals surface area contributed by atoms with Crippen LogP contribution in [0.1, 0.15) is 11.1 Å². The zero-order valence-electron chi connectivity index (χ0n) is 10.3. The summed E-state index contributed by atoms with van der Waals surface area (Å²) in [4.78, 5) is 0. The third-order valence-corrected chi connectivity index (χ3v) is 3.16. The van der Waals surface area contributed by atoms with Crippen molar-refractivity contribution >= 4 is 17.0 Å². The molecule has 0 bridgehead atoms. The van der Waals surface area contributed by atoms with Gasteiger partial charge in [-0.3, -0.25) is 4.72 Å². The summed E-state index contributed by atoms with van der Waals surface area (Å²) in [6.07, 6.45) is 0. The maximum Gasteiger partial charge on any atom is 0.316 e. The first-order valence-corrected chi connectivity index (χ1v) is 6.71. The monoisotopic (exact) mass is 261 g/mol. The molecule has 0 radical (unpaired) electrons. The van der Waals surface area contributed by atoms with E-state index < -0.39 is 11.3 Å². The van der Waals surface area contributed by atoms with Gasteiger partial charge >= 0.3 is 11.3 Å². The van der Waals surface area contributed by atoms with E-state index >= 15 is 0 Å². The topological polar surface area (TPSA) is 38.3 Å². The van der Waals surface area contributed by atoms with Crippen LogP contribution in [0.15, 0.2) is 48.5 Å². The number of aryl methyl sites for hydroxylation is 2. The molecule has 2 rings (SSSR count). The highest BCUT2D eigenvalue weighted by Crippen LogP contribution is 2.15. The van der Waals surface area contributed by atoms with Crippen molar-refractivity contribution in [3.05, 3.63) is 59.7 Å². The minimum absolute atomic E-state index is 0.582. The first kappa shape index (κ1) is 12.6. The van der Waals surface area contributed by atoms with Crippen molar-refractivity contribution < 1.29 is 8.39 Å². The minimum Gasteiger partial charge on any atom is -0.385 e. The van der Waals surface area contributed by atoms with Crippen molar-refractivity contribution in [1.82, 2.24) is 0 Å². The van der Waals surface area contributed by atoms with Gasteiger partial charge in [-0.15, -0.1) is 0 Å². The number of rotatable bonds is 4. The molecule has 94 valence electrons. The molecular weight excluding hydrogens is 246 g/mol. The molecule has 0 fully saturated rings. The second-order valence-electron chi connectivity index (χ2n) is 4.10. The number of nitrogens with one attached hydrogen (secondary N) is 1. The molecule has 1 N–H and O–H groups in total. The molecule has 0 aliphatic rings. The molecule has 2 aromatic rings. The molecule has 0 saturated heterocycles. The van der Waals surface area contributed by atoms with Gasteiger partial charge in [0, 0.05) is 5.69 Å². The fourth-order valence-corrected chi connectivity index (χ4v) is 2.15. The quantitative estimate of drug-likeness (QED) is 0.916. The van der Waals surface area contributed by atoms with Crippen LogP contribution in [0.2, 0.25) is 0 Å². The summed E-state index contributed by atoms with van der Waals surface area (Å²) in [7, 11) is 0. The smallest absolute Gasteiger partial charge is 0.316 e. The molecule has 1 atom stereocenters. The van der Waals surface area contributed by atoms with Gasteiger partial charge in [0.05, 0.1) is 0 Å². The molecule has 3 nitrogen and oxygen atoms in total. The Kier molecular flexibility index (Phi) is 3.99. The first-order chi connectivity index (χ1) is 8.63. The molecule has 0 saturated carbocycles. The third kappa shape index (κ3) is 3.60. The Morgan fingerprint density at radius 1 is 1.00 bits per heavy atom. The first-order valence-electron chi connectivity index (χ1n) is 5.63. The summed E-state index contributed by atoms with van der Waals surface area (Å²) in [5.74, 6) is 0.582. The molecule has 1 unspecified atom stereocenters. The Morgan fingerprint density at radius 3 is 2.39 bits per heavy atom. The van der Waals surface area contributed by atoms with Crippen molar-refractivity contribution in [3.63, 3.8) is 0 Å². The predicted molar refractivity (Wildman–Crippen MR) is 74.8 cm³/mol. The Morgan fingerprint density at radius 2 is 1.72 bits per heavy atom. The lowest BCUT2D eigenvalue weighted by atomic mass is 10.2. The molecule has 0 spiro atoms. The van der Waals surface area contributed by atoms with E-state index in [-0.39, 0.29) is 0 Å². The van der Waals surface area contributed by atoms with Crippen molar-refractivity contribution in [2.75, 3.05) is 4.72 Å². The normalized spacial score (nSPS) is 11.9. The molecule has 0 aliphatic carbocycles. The van der Waals surface area contributed by atoms with Crippen LogP contribution in [0.25, 0.3) is 0 Å². The van der Waals surface area contributed by atoms with Gasteiger partial charge in [-0.1, -0.05) is 29.8 Å². The summed E-state index contributed by atoms with van der Waals surface area (Å²) in [6.45, 7) is 3.97. The molecule has 0 amide bonds. The van der Waals surface area contributed by atoms with E-state index in [1.54, 1.807) is 12.1 Å². The molecule has 4 heteroatoms. The van der Waals surface area contributed by atoms with Crippen LogP contribution in [0, 0.1) is 13.8 Å².